The summed E-state index contributed by atoms with van der Waals surface area (Å²) in [6, 6.07) is 0.359. The third kappa shape index (κ3) is 0.809. The predicted molar refractivity (Wildman–Crippen MR) is 38.6 cm³/mol. The predicted octanol–water partition coefficient (Wildman–Crippen LogP) is 0.414. The first-order valence-electron chi connectivity index (χ1n) is 3.52. The van der Waals surface area contributed by atoms with Crippen molar-refractivity contribution in [3.8, 4) is 0 Å². The molecule has 1 aliphatic heterocycles. The molecule has 0 radical (unpaired) electrons. The second kappa shape index (κ2) is 2.06. The number of carbonyl (C=O) groups is 1. The fraction of sp³-hybridized carbons (Fsp3) is 0.375. The average Bonchev–Trinajstić information content (AvgIpc) is 2.33. The minimum atomic E-state index is 0.134. The van der Waals surface area contributed by atoms with E-state index in [4.69, 9.17) is 0 Å². The van der Waals surface area contributed by atoms with Gasteiger partial charge in [0, 0.05) is 6.04 Å². The summed E-state index contributed by atoms with van der Waals surface area (Å²) in [7, 11) is 0. The molecule has 1 fully saturated rings. The van der Waals surface area contributed by atoms with Gasteiger partial charge >= 0.3 is 0 Å². The van der Waals surface area contributed by atoms with E-state index < -0.39 is 0 Å². The van der Waals surface area contributed by atoms with Crippen LogP contribution in [-0.2, 0) is 4.79 Å². The Balaban J connectivity index is 2.30. The third-order valence-corrected chi connectivity index (χ3v) is 1.96. The zero-order chi connectivity index (χ0) is 6.97. The van der Waals surface area contributed by atoms with Crippen LogP contribution in [0.15, 0.2) is 23.8 Å². The summed E-state index contributed by atoms with van der Waals surface area (Å²) < 4.78 is 0. The highest BCUT2D eigenvalue weighted by Crippen LogP contribution is 2.18. The Morgan fingerprint density at radius 1 is 1.60 bits per heavy atom. The molecule has 0 bridgehead atoms. The van der Waals surface area contributed by atoms with E-state index in [2.05, 4.69) is 5.32 Å². The van der Waals surface area contributed by atoms with Gasteiger partial charge in [-0.05, 0) is 30.7 Å². The topological polar surface area (TPSA) is 29.1 Å². The van der Waals surface area contributed by atoms with Gasteiger partial charge in [-0.25, -0.2) is 0 Å². The highest BCUT2D eigenvalue weighted by atomic mass is 16.1. The summed E-state index contributed by atoms with van der Waals surface area (Å²) >= 11 is 0. The zero-order valence-electron chi connectivity index (χ0n) is 5.63. The molecule has 2 heteroatoms. The minimum Gasteiger partial charge on any atom is -0.307 e. The molecule has 0 unspecified atom stereocenters. The van der Waals surface area contributed by atoms with Gasteiger partial charge in [-0.1, -0.05) is 6.08 Å². The molecule has 0 aromatic carbocycles. The first-order valence-corrected chi connectivity index (χ1v) is 3.52. The van der Waals surface area contributed by atoms with Crippen molar-refractivity contribution < 1.29 is 4.79 Å². The maximum Gasteiger partial charge on any atom is 0.178 e. The number of rotatable bonds is 0. The molecule has 1 N–H and O–H groups in total. The number of nitrogens with one attached hydrogen (secondary N) is 1. The lowest BCUT2D eigenvalue weighted by Crippen LogP contribution is -2.22. The van der Waals surface area contributed by atoms with Crippen LogP contribution in [0.3, 0.4) is 0 Å². The van der Waals surface area contributed by atoms with Crippen LogP contribution in [-0.4, -0.2) is 18.4 Å². The van der Waals surface area contributed by atoms with Gasteiger partial charge in [0.2, 0.25) is 0 Å². The van der Waals surface area contributed by atoms with Crippen LogP contribution in [0.2, 0.25) is 0 Å². The quantitative estimate of drug-likeness (QED) is 0.521. The number of carbonyl (C=O) groups excluding carboxylic acids is 1. The van der Waals surface area contributed by atoms with Gasteiger partial charge in [0.15, 0.2) is 5.78 Å². The van der Waals surface area contributed by atoms with Crippen LogP contribution >= 0.6 is 0 Å². The summed E-state index contributed by atoms with van der Waals surface area (Å²) in [5.41, 5.74) is 1.24. The van der Waals surface area contributed by atoms with Crippen LogP contribution in [0.4, 0.5) is 0 Å². The summed E-state index contributed by atoms with van der Waals surface area (Å²) in [6.07, 6.45) is 6.34. The lowest BCUT2D eigenvalue weighted by atomic mass is 10.0. The van der Waals surface area contributed by atoms with Gasteiger partial charge in [-0.2, -0.15) is 0 Å². The van der Waals surface area contributed by atoms with Gasteiger partial charge in [-0.3, -0.25) is 4.79 Å². The molecule has 0 saturated carbocycles. The molecule has 10 heavy (non-hydrogen) atoms. The summed E-state index contributed by atoms with van der Waals surface area (Å²) in [5.74, 6) is 0.134. The molecule has 1 saturated heterocycles. The molecular formula is C8H9NO. The fourth-order valence-electron chi connectivity index (χ4n) is 1.43. The molecule has 0 aromatic heterocycles. The smallest absolute Gasteiger partial charge is 0.178 e. The highest BCUT2D eigenvalue weighted by Gasteiger charge is 2.20. The Bertz CT molecular complexity index is 227. The van der Waals surface area contributed by atoms with E-state index in [0.717, 1.165) is 13.0 Å². The van der Waals surface area contributed by atoms with Gasteiger partial charge in [0.25, 0.3) is 0 Å². The van der Waals surface area contributed by atoms with E-state index in [1.807, 2.05) is 6.08 Å². The highest BCUT2D eigenvalue weighted by molar-refractivity contribution is 6.01. The Kier molecular flexibility index (Phi) is 1.21. The molecular weight excluding hydrogens is 126 g/mol. The van der Waals surface area contributed by atoms with E-state index in [9.17, 15) is 4.79 Å². The molecule has 1 heterocycles. The number of hydrogen-bond donors (Lipinski definition) is 1. The van der Waals surface area contributed by atoms with Crippen LogP contribution < -0.4 is 5.32 Å². The third-order valence-electron chi connectivity index (χ3n) is 1.96. The van der Waals surface area contributed by atoms with Crippen LogP contribution in [0.1, 0.15) is 6.42 Å². The van der Waals surface area contributed by atoms with Gasteiger partial charge in [0.1, 0.15) is 0 Å². The van der Waals surface area contributed by atoms with Gasteiger partial charge in [0.05, 0.1) is 0 Å². The lowest BCUT2D eigenvalue weighted by Gasteiger charge is -2.09. The van der Waals surface area contributed by atoms with Crippen LogP contribution in [0.25, 0.3) is 0 Å². The SMILES string of the molecule is O=C1C=C[C@H]2NCCC2=C1. The maximum atomic E-state index is 10.8. The average molecular weight is 135 g/mol. The van der Waals surface area contributed by atoms with E-state index in [1.165, 1.54) is 5.57 Å². The minimum absolute atomic E-state index is 0.134. The number of fused-ring (bicyclic) bond motifs is 1. The molecule has 1 atom stereocenters. The molecule has 0 aromatic rings. The number of ketones is 1. The van der Waals surface area contributed by atoms with Crippen molar-refractivity contribution in [2.24, 2.45) is 0 Å². The maximum absolute atomic E-state index is 10.8. The van der Waals surface area contributed by atoms with Crippen molar-refractivity contribution in [1.29, 1.82) is 0 Å². The Labute approximate surface area is 59.6 Å². The lowest BCUT2D eigenvalue weighted by molar-refractivity contribution is -0.110. The van der Waals surface area contributed by atoms with Crippen LogP contribution in [0, 0.1) is 0 Å². The molecule has 2 rings (SSSR count). The standard InChI is InChI=1S/C8H9NO/c10-7-1-2-8-6(5-7)3-4-9-8/h1-2,5,8-9H,3-4H2/t8-/m1/s1. The number of hydrogen-bond acceptors (Lipinski definition) is 2. The normalized spacial score (nSPS) is 30.2. The second-order valence-electron chi connectivity index (χ2n) is 2.66. The van der Waals surface area contributed by atoms with Crippen molar-refractivity contribution in [1.82, 2.24) is 5.32 Å². The largest absolute Gasteiger partial charge is 0.307 e. The molecule has 2 aliphatic rings. The molecule has 0 spiro atoms. The van der Waals surface area contributed by atoms with Gasteiger partial charge < -0.3 is 5.32 Å². The molecule has 0 amide bonds. The monoisotopic (exact) mass is 135 g/mol. The van der Waals surface area contributed by atoms with E-state index in [-0.39, 0.29) is 5.78 Å². The summed E-state index contributed by atoms with van der Waals surface area (Å²) in [5, 5.41) is 3.27. The summed E-state index contributed by atoms with van der Waals surface area (Å²) in [4.78, 5) is 10.8. The zero-order valence-corrected chi connectivity index (χ0v) is 5.63. The van der Waals surface area contributed by atoms with E-state index in [1.54, 1.807) is 12.2 Å². The Morgan fingerprint density at radius 2 is 2.50 bits per heavy atom. The second-order valence-corrected chi connectivity index (χ2v) is 2.66. The van der Waals surface area contributed by atoms with Crippen molar-refractivity contribution in [3.05, 3.63) is 23.8 Å². The first-order chi connectivity index (χ1) is 4.86. The van der Waals surface area contributed by atoms with Crippen molar-refractivity contribution in [2.45, 2.75) is 12.5 Å². The first kappa shape index (κ1) is 5.86. The Morgan fingerprint density at radius 3 is 3.40 bits per heavy atom. The summed E-state index contributed by atoms with van der Waals surface area (Å²) in [6.45, 7) is 1.01. The van der Waals surface area contributed by atoms with Crippen LogP contribution in [0.5, 0.6) is 0 Å². The van der Waals surface area contributed by atoms with Crippen molar-refractivity contribution in [2.75, 3.05) is 6.54 Å². The molecule has 52 valence electrons. The van der Waals surface area contributed by atoms with Crippen molar-refractivity contribution >= 4 is 5.78 Å². The fourth-order valence-corrected chi connectivity index (χ4v) is 1.43. The van der Waals surface area contributed by atoms with Crippen molar-refractivity contribution in [3.63, 3.8) is 0 Å². The molecule has 1 aliphatic carbocycles. The van der Waals surface area contributed by atoms with E-state index in [0.29, 0.717) is 6.04 Å². The van der Waals surface area contributed by atoms with E-state index >= 15 is 0 Å². The number of allylic oxidation sites excluding steroid dienone is 2. The Hall–Kier alpha value is -0.890. The van der Waals surface area contributed by atoms with Gasteiger partial charge in [-0.15, -0.1) is 0 Å². The molecule has 2 nitrogen and oxygen atoms in total.